The van der Waals surface area contributed by atoms with Crippen molar-refractivity contribution in [1.82, 2.24) is 9.62 Å². The van der Waals surface area contributed by atoms with Crippen molar-refractivity contribution in [3.8, 4) is 0 Å². The van der Waals surface area contributed by atoms with Crippen molar-refractivity contribution in [2.24, 2.45) is 0 Å². The highest BCUT2D eigenvalue weighted by Gasteiger charge is 2.43. The Morgan fingerprint density at radius 2 is 2.00 bits per heavy atom. The quantitative estimate of drug-likeness (QED) is 0.646. The number of nitrogens with one attached hydrogen (secondary N) is 1. The highest BCUT2D eigenvalue weighted by Crippen LogP contribution is 2.22. The largest absolute Gasteiger partial charge is 0.480 e. The van der Waals surface area contributed by atoms with Crippen molar-refractivity contribution in [3.63, 3.8) is 0 Å². The van der Waals surface area contributed by atoms with Crippen LogP contribution in [0.3, 0.4) is 0 Å². The van der Waals surface area contributed by atoms with Gasteiger partial charge < -0.3 is 15.2 Å². The molecule has 0 aromatic rings. The molecule has 2 aliphatic heterocycles. The minimum atomic E-state index is -3.80. The van der Waals surface area contributed by atoms with E-state index in [-0.39, 0.29) is 6.54 Å². The number of piperazine rings is 1. The van der Waals surface area contributed by atoms with Crippen LogP contribution in [0.15, 0.2) is 0 Å². The highest BCUT2D eigenvalue weighted by atomic mass is 32.2. The van der Waals surface area contributed by atoms with Crippen LogP contribution in [0.25, 0.3) is 0 Å². The van der Waals surface area contributed by atoms with Crippen LogP contribution in [-0.2, 0) is 24.3 Å². The van der Waals surface area contributed by atoms with E-state index in [1.165, 1.54) is 0 Å². The van der Waals surface area contributed by atoms with Gasteiger partial charge in [-0.05, 0) is 12.8 Å². The normalized spacial score (nSPS) is 26.9. The zero-order valence-electron chi connectivity index (χ0n) is 10.2. The lowest BCUT2D eigenvalue weighted by molar-refractivity contribution is -0.143. The van der Waals surface area contributed by atoms with Crippen molar-refractivity contribution in [3.05, 3.63) is 0 Å². The number of sulfonamides is 1. The van der Waals surface area contributed by atoms with Gasteiger partial charge in [0.05, 0.1) is 11.8 Å². The van der Waals surface area contributed by atoms with E-state index < -0.39 is 39.7 Å². The van der Waals surface area contributed by atoms with E-state index in [1.54, 1.807) is 0 Å². The molecular weight excluding hydrogens is 276 g/mol. The first-order chi connectivity index (χ1) is 8.93. The maximum atomic E-state index is 12.4. The van der Waals surface area contributed by atoms with Gasteiger partial charge in [-0.2, -0.15) is 4.31 Å². The summed E-state index contributed by atoms with van der Waals surface area (Å²) in [6.45, 7) is 0.0383. The van der Waals surface area contributed by atoms with Gasteiger partial charge in [0.15, 0.2) is 0 Å². The summed E-state index contributed by atoms with van der Waals surface area (Å²) >= 11 is 0. The van der Waals surface area contributed by atoms with E-state index in [9.17, 15) is 18.0 Å². The standard InChI is InChI=1S/C10H16N2O6S/c13-9-6-12(8(5-11-9)10(14)15)19(16,17)7-1-3-18-4-2-7/h7-8H,1-6H2,(H,11,13)(H,14,15). The Labute approximate surface area is 110 Å². The maximum absolute atomic E-state index is 12.4. The van der Waals surface area contributed by atoms with Crippen LogP contribution in [0, 0.1) is 0 Å². The number of rotatable bonds is 3. The molecule has 0 saturated carbocycles. The molecule has 1 amide bonds. The second kappa shape index (κ2) is 5.43. The van der Waals surface area contributed by atoms with E-state index in [2.05, 4.69) is 5.32 Å². The Hall–Kier alpha value is -1.19. The van der Waals surface area contributed by atoms with Crippen molar-refractivity contribution >= 4 is 21.9 Å². The van der Waals surface area contributed by atoms with Crippen molar-refractivity contribution in [2.75, 3.05) is 26.3 Å². The summed E-state index contributed by atoms with van der Waals surface area (Å²) in [5.74, 6) is -1.73. The van der Waals surface area contributed by atoms with E-state index in [1.807, 2.05) is 0 Å². The Morgan fingerprint density at radius 3 is 2.58 bits per heavy atom. The minimum Gasteiger partial charge on any atom is -0.480 e. The Morgan fingerprint density at radius 1 is 1.37 bits per heavy atom. The third-order valence-electron chi connectivity index (χ3n) is 3.34. The maximum Gasteiger partial charge on any atom is 0.323 e. The van der Waals surface area contributed by atoms with Gasteiger partial charge in [0, 0.05) is 19.8 Å². The first-order valence-corrected chi connectivity index (χ1v) is 7.51. The minimum absolute atomic E-state index is 0.198. The number of hydrogen-bond donors (Lipinski definition) is 2. The Kier molecular flexibility index (Phi) is 4.07. The van der Waals surface area contributed by atoms with Gasteiger partial charge in [0.2, 0.25) is 15.9 Å². The number of hydrogen-bond acceptors (Lipinski definition) is 5. The summed E-state index contributed by atoms with van der Waals surface area (Å²) < 4.78 is 30.8. The predicted octanol–water partition coefficient (Wildman–Crippen LogP) is -1.62. The lowest BCUT2D eigenvalue weighted by atomic mass is 10.2. The smallest absolute Gasteiger partial charge is 0.323 e. The molecule has 2 aliphatic rings. The fourth-order valence-corrected chi connectivity index (χ4v) is 4.25. The molecule has 0 bridgehead atoms. The molecule has 19 heavy (non-hydrogen) atoms. The average molecular weight is 292 g/mol. The summed E-state index contributed by atoms with van der Waals surface area (Å²) in [4.78, 5) is 22.5. The molecule has 1 atom stereocenters. The van der Waals surface area contributed by atoms with Gasteiger partial charge in [-0.15, -0.1) is 0 Å². The molecule has 108 valence electrons. The van der Waals surface area contributed by atoms with Crippen molar-refractivity contribution < 1.29 is 27.9 Å². The Bertz CT molecular complexity index is 470. The second-order valence-corrected chi connectivity index (χ2v) is 6.73. The summed E-state index contributed by atoms with van der Waals surface area (Å²) in [5, 5.41) is 10.8. The number of nitrogens with zero attached hydrogens (tertiary/aromatic N) is 1. The molecule has 2 rings (SSSR count). The number of carboxylic acid groups (broad SMARTS) is 1. The fraction of sp³-hybridized carbons (Fsp3) is 0.800. The molecule has 2 saturated heterocycles. The van der Waals surface area contributed by atoms with Gasteiger partial charge in [-0.3, -0.25) is 9.59 Å². The number of carbonyl (C=O) groups excluding carboxylic acids is 1. The second-order valence-electron chi connectivity index (χ2n) is 4.56. The van der Waals surface area contributed by atoms with Crippen LogP contribution < -0.4 is 5.32 Å². The van der Waals surface area contributed by atoms with Gasteiger partial charge in [0.1, 0.15) is 6.04 Å². The highest BCUT2D eigenvalue weighted by molar-refractivity contribution is 7.89. The molecule has 2 heterocycles. The van der Waals surface area contributed by atoms with Gasteiger partial charge in [-0.25, -0.2) is 8.42 Å². The van der Waals surface area contributed by atoms with Crippen LogP contribution in [0.4, 0.5) is 0 Å². The molecule has 0 radical (unpaired) electrons. The topological polar surface area (TPSA) is 113 Å². The Balaban J connectivity index is 2.24. The van der Waals surface area contributed by atoms with E-state index in [0.717, 1.165) is 4.31 Å². The average Bonchev–Trinajstić information content (AvgIpc) is 2.39. The lowest BCUT2D eigenvalue weighted by Crippen LogP contribution is -2.61. The van der Waals surface area contributed by atoms with E-state index in [4.69, 9.17) is 9.84 Å². The molecule has 2 N–H and O–H groups in total. The third-order valence-corrected chi connectivity index (χ3v) is 5.69. The van der Waals surface area contributed by atoms with Crippen LogP contribution in [0.2, 0.25) is 0 Å². The molecule has 0 aromatic heterocycles. The third kappa shape index (κ3) is 2.88. The number of aliphatic carboxylic acids is 1. The van der Waals surface area contributed by atoms with Crippen molar-refractivity contribution in [2.45, 2.75) is 24.1 Å². The summed E-state index contributed by atoms with van der Waals surface area (Å²) in [7, 11) is -3.80. The lowest BCUT2D eigenvalue weighted by Gasteiger charge is -2.35. The van der Waals surface area contributed by atoms with Crippen LogP contribution in [-0.4, -0.2) is 67.3 Å². The molecule has 0 aromatic carbocycles. The van der Waals surface area contributed by atoms with E-state index >= 15 is 0 Å². The molecule has 0 aliphatic carbocycles. The summed E-state index contributed by atoms with van der Waals surface area (Å²) in [5.41, 5.74) is 0. The van der Waals surface area contributed by atoms with Crippen molar-refractivity contribution in [1.29, 1.82) is 0 Å². The van der Waals surface area contributed by atoms with Gasteiger partial charge in [0.25, 0.3) is 0 Å². The zero-order valence-corrected chi connectivity index (χ0v) is 11.1. The summed E-state index contributed by atoms with van der Waals surface area (Å²) in [6.07, 6.45) is 0.652. The van der Waals surface area contributed by atoms with Crippen LogP contribution in [0.5, 0.6) is 0 Å². The molecule has 1 unspecified atom stereocenters. The van der Waals surface area contributed by atoms with Crippen LogP contribution in [0.1, 0.15) is 12.8 Å². The molecule has 0 spiro atoms. The van der Waals surface area contributed by atoms with Gasteiger partial charge in [-0.1, -0.05) is 0 Å². The number of carbonyl (C=O) groups is 2. The number of amides is 1. The molecule has 8 nitrogen and oxygen atoms in total. The van der Waals surface area contributed by atoms with Crippen LogP contribution >= 0.6 is 0 Å². The zero-order chi connectivity index (χ0) is 14.0. The predicted molar refractivity (Wildman–Crippen MR) is 63.9 cm³/mol. The first-order valence-electron chi connectivity index (χ1n) is 6.01. The number of carboxylic acids is 1. The van der Waals surface area contributed by atoms with E-state index in [0.29, 0.717) is 26.1 Å². The SMILES string of the molecule is O=C1CN(S(=O)(=O)C2CCOCC2)C(C(=O)O)CN1. The summed E-state index contributed by atoms with van der Waals surface area (Å²) in [6, 6.07) is -1.23. The molecule has 9 heteroatoms. The molecular formula is C10H16N2O6S. The fourth-order valence-electron chi connectivity index (χ4n) is 2.26. The number of ether oxygens (including phenoxy) is 1. The first kappa shape index (κ1) is 14.2. The molecule has 2 fully saturated rings. The monoisotopic (exact) mass is 292 g/mol. The van der Waals surface area contributed by atoms with Gasteiger partial charge >= 0.3 is 5.97 Å².